The van der Waals surface area contributed by atoms with Gasteiger partial charge in [0.2, 0.25) is 10.0 Å². The third-order valence-electron chi connectivity index (χ3n) is 1.33. The van der Waals surface area contributed by atoms with Crippen molar-refractivity contribution in [3.8, 4) is 0 Å². The van der Waals surface area contributed by atoms with Crippen LogP contribution >= 0.6 is 0 Å². The number of primary sulfonamides is 1. The molecule has 6 heteroatoms. The van der Waals surface area contributed by atoms with E-state index in [0.29, 0.717) is 5.69 Å². The van der Waals surface area contributed by atoms with Gasteiger partial charge in [0.05, 0.1) is 4.90 Å². The van der Waals surface area contributed by atoms with Gasteiger partial charge in [-0.15, -0.1) is 0 Å². The van der Waals surface area contributed by atoms with Crippen molar-refractivity contribution in [1.29, 1.82) is 0 Å². The number of benzene rings is 1. The third kappa shape index (κ3) is 1.94. The summed E-state index contributed by atoms with van der Waals surface area (Å²) < 4.78 is 21.6. The second kappa shape index (κ2) is 3.10. The van der Waals surface area contributed by atoms with Gasteiger partial charge in [0.25, 0.3) is 0 Å². The Hall–Kier alpha value is -1.11. The summed E-state index contributed by atoms with van der Waals surface area (Å²) in [6.07, 6.45) is 0. The average Bonchev–Trinajstić information content (AvgIpc) is 2.03. The second-order valence-electron chi connectivity index (χ2n) is 2.22. The first kappa shape index (κ1) is 8.98. The van der Waals surface area contributed by atoms with E-state index in [1.807, 2.05) is 0 Å². The standard InChI is InChI=1S/C6H9N3O2S/c7-9-5-2-1-3-6(4-5)12(8,10)11/h1-4,9H,7H2,(H2,8,10,11). The van der Waals surface area contributed by atoms with Crippen molar-refractivity contribution >= 4 is 15.7 Å². The van der Waals surface area contributed by atoms with Crippen molar-refractivity contribution in [3.05, 3.63) is 24.3 Å². The molecule has 0 spiro atoms. The minimum atomic E-state index is -3.63. The summed E-state index contributed by atoms with van der Waals surface area (Å²) in [5.74, 6) is 5.08. The van der Waals surface area contributed by atoms with Gasteiger partial charge in [0.15, 0.2) is 0 Å². The maximum Gasteiger partial charge on any atom is 0.238 e. The lowest BCUT2D eigenvalue weighted by molar-refractivity contribution is 0.598. The molecule has 1 aromatic carbocycles. The molecule has 1 rings (SSSR count). The molecule has 0 atom stereocenters. The molecule has 0 aliphatic rings. The van der Waals surface area contributed by atoms with Crippen LogP contribution < -0.4 is 16.4 Å². The summed E-state index contributed by atoms with van der Waals surface area (Å²) >= 11 is 0. The Kier molecular flexibility index (Phi) is 2.32. The van der Waals surface area contributed by atoms with Crippen LogP contribution in [0.25, 0.3) is 0 Å². The average molecular weight is 187 g/mol. The maximum absolute atomic E-state index is 10.8. The van der Waals surface area contributed by atoms with Gasteiger partial charge in [-0.25, -0.2) is 13.6 Å². The predicted octanol–water partition coefficient (Wildman–Crippen LogP) is -0.380. The molecule has 1 aromatic rings. The Labute approximate surface area is 70.4 Å². The van der Waals surface area contributed by atoms with E-state index in [0.717, 1.165) is 0 Å². The first-order valence-corrected chi connectivity index (χ1v) is 4.68. The molecule has 12 heavy (non-hydrogen) atoms. The summed E-state index contributed by atoms with van der Waals surface area (Å²) in [5.41, 5.74) is 2.82. The lowest BCUT2D eigenvalue weighted by Crippen LogP contribution is -2.13. The molecule has 0 amide bonds. The molecule has 0 aliphatic heterocycles. The van der Waals surface area contributed by atoms with Crippen LogP contribution in [-0.2, 0) is 10.0 Å². The van der Waals surface area contributed by atoms with Crippen LogP contribution in [0.1, 0.15) is 0 Å². The maximum atomic E-state index is 10.8. The highest BCUT2D eigenvalue weighted by Gasteiger charge is 2.06. The van der Waals surface area contributed by atoms with E-state index in [2.05, 4.69) is 5.43 Å². The molecule has 0 saturated heterocycles. The zero-order valence-electron chi connectivity index (χ0n) is 6.19. The quantitative estimate of drug-likeness (QED) is 0.434. The molecule has 0 radical (unpaired) electrons. The lowest BCUT2D eigenvalue weighted by Gasteiger charge is -2.01. The number of nitrogens with two attached hydrogens (primary N) is 2. The molecule has 5 N–H and O–H groups in total. The summed E-state index contributed by atoms with van der Waals surface area (Å²) in [7, 11) is -3.63. The summed E-state index contributed by atoms with van der Waals surface area (Å²) in [5, 5.41) is 4.88. The minimum Gasteiger partial charge on any atom is -0.324 e. The smallest absolute Gasteiger partial charge is 0.238 e. The Morgan fingerprint density at radius 3 is 2.50 bits per heavy atom. The topological polar surface area (TPSA) is 98.2 Å². The molecule has 0 bridgehead atoms. The molecule has 0 unspecified atom stereocenters. The number of hydrogen-bond acceptors (Lipinski definition) is 4. The lowest BCUT2D eigenvalue weighted by atomic mass is 10.3. The van der Waals surface area contributed by atoms with Gasteiger partial charge in [-0.05, 0) is 18.2 Å². The number of nitrogen functional groups attached to an aromatic ring is 1. The van der Waals surface area contributed by atoms with Crippen LogP contribution in [0, 0.1) is 0 Å². The second-order valence-corrected chi connectivity index (χ2v) is 3.78. The molecule has 0 fully saturated rings. The predicted molar refractivity (Wildman–Crippen MR) is 45.6 cm³/mol. The van der Waals surface area contributed by atoms with Crippen molar-refractivity contribution in [2.24, 2.45) is 11.0 Å². The number of hydrogen-bond donors (Lipinski definition) is 3. The molecule has 5 nitrogen and oxygen atoms in total. The van der Waals surface area contributed by atoms with Gasteiger partial charge in [0, 0.05) is 5.69 Å². The largest absolute Gasteiger partial charge is 0.324 e. The highest BCUT2D eigenvalue weighted by Crippen LogP contribution is 2.12. The van der Waals surface area contributed by atoms with Crippen molar-refractivity contribution in [2.45, 2.75) is 4.90 Å². The number of rotatable bonds is 2. The monoisotopic (exact) mass is 187 g/mol. The normalized spacial score (nSPS) is 11.2. The Bertz CT molecular complexity index is 374. The van der Waals surface area contributed by atoms with Gasteiger partial charge in [0.1, 0.15) is 0 Å². The van der Waals surface area contributed by atoms with Gasteiger partial charge < -0.3 is 5.43 Å². The molecule has 0 heterocycles. The minimum absolute atomic E-state index is 0.0398. The molecule has 0 saturated carbocycles. The molecule has 0 aliphatic carbocycles. The van der Waals surface area contributed by atoms with E-state index in [4.69, 9.17) is 11.0 Å². The fourth-order valence-corrected chi connectivity index (χ4v) is 1.32. The zero-order chi connectivity index (χ0) is 9.19. The van der Waals surface area contributed by atoms with Crippen molar-refractivity contribution in [3.63, 3.8) is 0 Å². The van der Waals surface area contributed by atoms with Gasteiger partial charge in [-0.3, -0.25) is 5.84 Å². The van der Waals surface area contributed by atoms with Crippen LogP contribution in [0.3, 0.4) is 0 Å². The summed E-state index contributed by atoms with van der Waals surface area (Å²) in [6, 6.07) is 5.94. The molecule has 66 valence electrons. The first-order chi connectivity index (χ1) is 5.54. The molecular weight excluding hydrogens is 178 g/mol. The van der Waals surface area contributed by atoms with Crippen LogP contribution in [0.2, 0.25) is 0 Å². The Morgan fingerprint density at radius 1 is 1.33 bits per heavy atom. The van der Waals surface area contributed by atoms with Crippen LogP contribution in [0.4, 0.5) is 5.69 Å². The van der Waals surface area contributed by atoms with E-state index in [1.165, 1.54) is 12.1 Å². The van der Waals surface area contributed by atoms with E-state index in [1.54, 1.807) is 12.1 Å². The van der Waals surface area contributed by atoms with Crippen LogP contribution in [-0.4, -0.2) is 8.42 Å². The van der Waals surface area contributed by atoms with E-state index >= 15 is 0 Å². The molecule has 0 aromatic heterocycles. The zero-order valence-corrected chi connectivity index (χ0v) is 7.01. The van der Waals surface area contributed by atoms with Crippen molar-refractivity contribution < 1.29 is 8.42 Å². The highest BCUT2D eigenvalue weighted by atomic mass is 32.2. The SMILES string of the molecule is NNc1cccc(S(N)(=O)=O)c1. The molecular formula is C6H9N3O2S. The fourth-order valence-electron chi connectivity index (χ4n) is 0.763. The third-order valence-corrected chi connectivity index (χ3v) is 2.24. The van der Waals surface area contributed by atoms with Crippen LogP contribution in [0.15, 0.2) is 29.2 Å². The number of sulfonamides is 1. The fraction of sp³-hybridized carbons (Fsp3) is 0. The first-order valence-electron chi connectivity index (χ1n) is 3.13. The summed E-state index contributed by atoms with van der Waals surface area (Å²) in [4.78, 5) is 0.0398. The van der Waals surface area contributed by atoms with E-state index in [9.17, 15) is 8.42 Å². The van der Waals surface area contributed by atoms with Gasteiger partial charge >= 0.3 is 0 Å². The van der Waals surface area contributed by atoms with Crippen LogP contribution in [0.5, 0.6) is 0 Å². The number of hydrazine groups is 1. The Balaban J connectivity index is 3.20. The van der Waals surface area contributed by atoms with Gasteiger partial charge in [-0.1, -0.05) is 6.07 Å². The van der Waals surface area contributed by atoms with Crippen molar-refractivity contribution in [2.75, 3.05) is 5.43 Å². The Morgan fingerprint density at radius 2 is 2.00 bits per heavy atom. The van der Waals surface area contributed by atoms with Crippen molar-refractivity contribution in [1.82, 2.24) is 0 Å². The summed E-state index contributed by atoms with van der Waals surface area (Å²) in [6.45, 7) is 0. The van der Waals surface area contributed by atoms with Gasteiger partial charge in [-0.2, -0.15) is 0 Å². The number of nitrogens with one attached hydrogen (secondary N) is 1. The van der Waals surface area contributed by atoms with E-state index in [-0.39, 0.29) is 4.90 Å². The van der Waals surface area contributed by atoms with E-state index < -0.39 is 10.0 Å². The highest BCUT2D eigenvalue weighted by molar-refractivity contribution is 7.89. The number of anilines is 1.